The predicted molar refractivity (Wildman–Crippen MR) is 111 cm³/mol. The topological polar surface area (TPSA) is 90.6 Å². The lowest BCUT2D eigenvalue weighted by Gasteiger charge is -2.12. The number of anilines is 1. The van der Waals surface area contributed by atoms with Crippen molar-refractivity contribution in [1.82, 2.24) is 19.6 Å². The van der Waals surface area contributed by atoms with E-state index in [-0.39, 0.29) is 17.0 Å². The summed E-state index contributed by atoms with van der Waals surface area (Å²) >= 11 is 1.20. The number of fused-ring (bicyclic) bond motifs is 1. The molecule has 1 N–H and O–H groups in total. The van der Waals surface area contributed by atoms with Crippen molar-refractivity contribution in [1.29, 1.82) is 0 Å². The largest absolute Gasteiger partial charge is 0.493 e. The summed E-state index contributed by atoms with van der Waals surface area (Å²) in [5.74, 6) is 0.0762. The maximum atomic E-state index is 13.8. The van der Waals surface area contributed by atoms with Gasteiger partial charge < -0.3 is 9.47 Å². The van der Waals surface area contributed by atoms with Crippen LogP contribution in [-0.4, -0.2) is 39.7 Å². The molecule has 0 radical (unpaired) electrons. The number of nitrogens with one attached hydrogen (secondary N) is 1. The van der Waals surface area contributed by atoms with Crippen LogP contribution in [-0.2, 0) is 6.18 Å². The first-order valence-electron chi connectivity index (χ1n) is 9.13. The number of rotatable bonds is 5. The number of aromatic nitrogens is 4. The Bertz CT molecular complexity index is 1320. The predicted octanol–water partition coefficient (Wildman–Crippen LogP) is 4.45. The van der Waals surface area contributed by atoms with Crippen molar-refractivity contribution in [3.8, 4) is 22.8 Å². The number of nitrogens with zero attached hydrogens (tertiary/aromatic N) is 4. The van der Waals surface area contributed by atoms with Gasteiger partial charge in [-0.2, -0.15) is 18.3 Å². The molecule has 3 aromatic heterocycles. The van der Waals surface area contributed by atoms with Gasteiger partial charge in [-0.1, -0.05) is 0 Å². The number of alkyl halides is 3. The van der Waals surface area contributed by atoms with Crippen LogP contribution in [0, 0.1) is 6.92 Å². The summed E-state index contributed by atoms with van der Waals surface area (Å²) in [7, 11) is 2.88. The molecule has 0 spiro atoms. The van der Waals surface area contributed by atoms with E-state index in [1.807, 2.05) is 0 Å². The summed E-state index contributed by atoms with van der Waals surface area (Å²) < 4.78 is 52.4. The molecule has 0 atom stereocenters. The van der Waals surface area contributed by atoms with Gasteiger partial charge in [-0.25, -0.2) is 14.5 Å². The van der Waals surface area contributed by atoms with E-state index >= 15 is 0 Å². The van der Waals surface area contributed by atoms with Gasteiger partial charge in [0.15, 0.2) is 33.7 Å². The number of halogens is 3. The minimum Gasteiger partial charge on any atom is -0.493 e. The minimum absolute atomic E-state index is 0.0354. The Hall–Kier alpha value is -3.67. The van der Waals surface area contributed by atoms with Crippen LogP contribution in [0.1, 0.15) is 21.9 Å². The molecule has 0 bridgehead atoms. The highest BCUT2D eigenvalue weighted by molar-refractivity contribution is 7.13. The molecule has 8 nitrogen and oxygen atoms in total. The third-order valence-electron chi connectivity index (χ3n) is 4.47. The van der Waals surface area contributed by atoms with Crippen molar-refractivity contribution in [2.75, 3.05) is 19.5 Å². The molecule has 4 rings (SSSR count). The minimum atomic E-state index is -4.74. The molecule has 4 aromatic rings. The maximum absolute atomic E-state index is 13.8. The molecule has 1 aromatic carbocycles. The highest BCUT2D eigenvalue weighted by Gasteiger charge is 2.35. The normalized spacial score (nSPS) is 11.6. The Morgan fingerprint density at radius 3 is 2.47 bits per heavy atom. The number of carbonyl (C=O) groups excluding carboxylic acids is 1. The Labute approximate surface area is 183 Å². The fraction of sp³-hybridized carbons (Fsp3) is 0.200. The van der Waals surface area contributed by atoms with Gasteiger partial charge in [-0.05, 0) is 31.2 Å². The van der Waals surface area contributed by atoms with E-state index in [1.54, 1.807) is 24.4 Å². The number of hydrogen-bond acceptors (Lipinski definition) is 7. The molecular formula is C20H16F3N5O3S. The highest BCUT2D eigenvalue weighted by Crippen LogP contribution is 2.35. The summed E-state index contributed by atoms with van der Waals surface area (Å²) in [4.78, 5) is 20.9. The zero-order chi connectivity index (χ0) is 23.0. The fourth-order valence-electron chi connectivity index (χ4n) is 3.00. The first-order chi connectivity index (χ1) is 15.2. The Morgan fingerprint density at radius 2 is 1.84 bits per heavy atom. The number of methoxy groups -OCH3 is 2. The number of carbonyl (C=O) groups is 1. The lowest BCUT2D eigenvalue weighted by atomic mass is 10.1. The van der Waals surface area contributed by atoms with Gasteiger partial charge in [0.2, 0.25) is 0 Å². The third kappa shape index (κ3) is 4.08. The summed E-state index contributed by atoms with van der Waals surface area (Å²) in [6.07, 6.45) is -4.74. The van der Waals surface area contributed by atoms with Crippen LogP contribution in [0.15, 0.2) is 35.7 Å². The van der Waals surface area contributed by atoms with Crippen molar-refractivity contribution >= 4 is 28.0 Å². The number of ether oxygens (including phenoxy) is 2. The number of hydrogen-bond donors (Lipinski definition) is 1. The molecule has 0 aliphatic rings. The molecular weight excluding hydrogens is 447 g/mol. The molecule has 166 valence electrons. The lowest BCUT2D eigenvalue weighted by Crippen LogP contribution is -2.15. The molecule has 0 aliphatic heterocycles. The molecule has 12 heteroatoms. The number of aryl methyl sites for hydroxylation is 1. The van der Waals surface area contributed by atoms with Crippen LogP contribution in [0.5, 0.6) is 11.5 Å². The van der Waals surface area contributed by atoms with E-state index in [0.717, 1.165) is 6.07 Å². The molecule has 0 saturated carbocycles. The quantitative estimate of drug-likeness (QED) is 0.470. The summed E-state index contributed by atoms with van der Waals surface area (Å²) in [5, 5.41) is 8.41. The van der Waals surface area contributed by atoms with Crippen LogP contribution in [0.25, 0.3) is 16.9 Å². The molecule has 0 unspecified atom stereocenters. The van der Waals surface area contributed by atoms with E-state index in [9.17, 15) is 18.0 Å². The van der Waals surface area contributed by atoms with Gasteiger partial charge in [-0.3, -0.25) is 10.1 Å². The summed E-state index contributed by atoms with van der Waals surface area (Å²) in [6.45, 7) is 1.76. The van der Waals surface area contributed by atoms with Crippen molar-refractivity contribution < 1.29 is 27.4 Å². The average Bonchev–Trinajstić information content (AvgIpc) is 3.37. The van der Waals surface area contributed by atoms with Gasteiger partial charge in [-0.15, -0.1) is 11.3 Å². The second-order valence-electron chi connectivity index (χ2n) is 6.64. The second-order valence-corrected chi connectivity index (χ2v) is 7.50. The molecule has 3 heterocycles. The van der Waals surface area contributed by atoms with Crippen LogP contribution in [0.4, 0.5) is 18.3 Å². The Morgan fingerprint density at radius 1 is 1.09 bits per heavy atom. The van der Waals surface area contributed by atoms with E-state index in [1.165, 1.54) is 37.7 Å². The fourth-order valence-corrected chi connectivity index (χ4v) is 3.69. The highest BCUT2D eigenvalue weighted by atomic mass is 32.1. The van der Waals surface area contributed by atoms with Crippen molar-refractivity contribution in [2.24, 2.45) is 0 Å². The van der Waals surface area contributed by atoms with Gasteiger partial charge in [0, 0.05) is 17.0 Å². The van der Waals surface area contributed by atoms with E-state index in [4.69, 9.17) is 9.47 Å². The van der Waals surface area contributed by atoms with Crippen molar-refractivity contribution in [2.45, 2.75) is 13.1 Å². The third-order valence-corrected chi connectivity index (χ3v) is 5.34. The average molecular weight is 463 g/mol. The second kappa shape index (κ2) is 8.11. The smallest absolute Gasteiger partial charge is 0.433 e. The van der Waals surface area contributed by atoms with Gasteiger partial charge in [0.25, 0.3) is 5.91 Å². The number of amides is 1. The first kappa shape index (κ1) is 21.6. The zero-order valence-electron chi connectivity index (χ0n) is 17.0. The SMILES string of the molecule is COc1ccc(-c2cc(C(F)(F)F)n3nc(C(=O)Nc4nc(C)cs4)cc3n2)cc1OC. The molecule has 0 fully saturated rings. The van der Waals surface area contributed by atoms with Gasteiger partial charge in [0.1, 0.15) is 0 Å². The van der Waals surface area contributed by atoms with Crippen LogP contribution < -0.4 is 14.8 Å². The number of thiazole rings is 1. The summed E-state index contributed by atoms with van der Waals surface area (Å²) in [6, 6.07) is 6.71. The van der Waals surface area contributed by atoms with Crippen molar-refractivity contribution in [3.63, 3.8) is 0 Å². The van der Waals surface area contributed by atoms with E-state index < -0.39 is 17.8 Å². The molecule has 0 aliphatic carbocycles. The van der Waals surface area contributed by atoms with Gasteiger partial charge >= 0.3 is 6.18 Å². The van der Waals surface area contributed by atoms with Gasteiger partial charge in [0.05, 0.1) is 25.6 Å². The summed E-state index contributed by atoms with van der Waals surface area (Å²) in [5.41, 5.74) is -0.308. The molecule has 0 saturated heterocycles. The first-order valence-corrected chi connectivity index (χ1v) is 10.0. The maximum Gasteiger partial charge on any atom is 0.433 e. The van der Waals surface area contributed by atoms with Crippen LogP contribution >= 0.6 is 11.3 Å². The van der Waals surface area contributed by atoms with E-state index in [0.29, 0.717) is 32.4 Å². The molecule has 1 amide bonds. The lowest BCUT2D eigenvalue weighted by molar-refractivity contribution is -0.142. The monoisotopic (exact) mass is 463 g/mol. The Kier molecular flexibility index (Phi) is 5.46. The van der Waals surface area contributed by atoms with Crippen LogP contribution in [0.3, 0.4) is 0 Å². The Balaban J connectivity index is 1.80. The van der Waals surface area contributed by atoms with E-state index in [2.05, 4.69) is 20.4 Å². The van der Waals surface area contributed by atoms with Crippen LogP contribution in [0.2, 0.25) is 0 Å². The van der Waals surface area contributed by atoms with Crippen molar-refractivity contribution in [3.05, 3.63) is 52.8 Å². The zero-order valence-corrected chi connectivity index (χ0v) is 17.8. The molecule has 32 heavy (non-hydrogen) atoms. The number of benzene rings is 1. The standard InChI is InChI=1S/C20H16F3N5O3S/c1-10-9-32-19(24-10)26-18(29)13-8-17-25-12(7-16(20(21,22)23)28(17)27-13)11-4-5-14(30-2)15(6-11)31-3/h4-9H,1-3H3,(H,24,26,29).